The van der Waals surface area contributed by atoms with Gasteiger partial charge < -0.3 is 5.32 Å². The molecule has 0 fully saturated rings. The predicted octanol–water partition coefficient (Wildman–Crippen LogP) is 3.37. The molecule has 0 unspecified atom stereocenters. The third-order valence-corrected chi connectivity index (χ3v) is 4.13. The number of halogens is 1. The van der Waals surface area contributed by atoms with Crippen LogP contribution in [0.1, 0.15) is 16.2 Å². The Morgan fingerprint density at radius 1 is 1.00 bits per heavy atom. The summed E-state index contributed by atoms with van der Waals surface area (Å²) in [6.07, 6.45) is 0. The molecular weight excluding hydrogens is 350 g/mol. The first-order chi connectivity index (χ1) is 12.7. The summed E-state index contributed by atoms with van der Waals surface area (Å²) in [5.74, 6) is 0.316. The van der Waals surface area contributed by atoms with Crippen molar-refractivity contribution in [3.8, 4) is 11.3 Å². The van der Waals surface area contributed by atoms with Crippen LogP contribution in [0.25, 0.3) is 16.9 Å². The van der Waals surface area contributed by atoms with Gasteiger partial charge in [0.15, 0.2) is 11.5 Å². The van der Waals surface area contributed by atoms with Gasteiger partial charge >= 0.3 is 0 Å². The van der Waals surface area contributed by atoms with Gasteiger partial charge in [0.2, 0.25) is 0 Å². The van der Waals surface area contributed by atoms with Gasteiger partial charge in [0.05, 0.1) is 12.2 Å². The molecule has 0 atom stereocenters. The zero-order valence-electron chi connectivity index (χ0n) is 13.6. The third-order valence-electron chi connectivity index (χ3n) is 3.89. The van der Waals surface area contributed by atoms with E-state index in [9.17, 15) is 4.79 Å². The topological polar surface area (TPSA) is 72.2 Å². The molecular formula is C19H14ClN5O. The van der Waals surface area contributed by atoms with Crippen molar-refractivity contribution in [2.24, 2.45) is 0 Å². The van der Waals surface area contributed by atoms with E-state index in [1.54, 1.807) is 28.8 Å². The Bertz CT molecular complexity index is 1080. The Kier molecular flexibility index (Phi) is 4.33. The second-order valence-corrected chi connectivity index (χ2v) is 6.10. The number of amides is 1. The van der Waals surface area contributed by atoms with Crippen molar-refractivity contribution in [2.45, 2.75) is 6.54 Å². The Labute approximate surface area is 154 Å². The smallest absolute Gasteiger partial charge is 0.251 e. The number of hydrogen-bond donors (Lipinski definition) is 1. The molecule has 0 aliphatic carbocycles. The van der Waals surface area contributed by atoms with Crippen LogP contribution < -0.4 is 5.32 Å². The highest BCUT2D eigenvalue weighted by Crippen LogP contribution is 2.17. The average molecular weight is 364 g/mol. The van der Waals surface area contributed by atoms with Crippen LogP contribution in [0, 0.1) is 0 Å². The number of benzene rings is 2. The lowest BCUT2D eigenvalue weighted by molar-refractivity contribution is 0.0949. The highest BCUT2D eigenvalue weighted by atomic mass is 35.5. The van der Waals surface area contributed by atoms with E-state index in [1.165, 1.54) is 0 Å². The third kappa shape index (κ3) is 3.27. The molecule has 4 rings (SSSR count). The molecule has 0 bridgehead atoms. The normalized spacial score (nSPS) is 10.8. The van der Waals surface area contributed by atoms with E-state index in [2.05, 4.69) is 20.6 Å². The van der Waals surface area contributed by atoms with E-state index in [0.29, 0.717) is 22.1 Å². The molecule has 26 heavy (non-hydrogen) atoms. The van der Waals surface area contributed by atoms with Gasteiger partial charge in [-0.25, -0.2) is 0 Å². The molecule has 0 radical (unpaired) electrons. The van der Waals surface area contributed by atoms with E-state index >= 15 is 0 Å². The van der Waals surface area contributed by atoms with E-state index < -0.39 is 0 Å². The van der Waals surface area contributed by atoms with Crippen LogP contribution in [0.4, 0.5) is 0 Å². The second-order valence-electron chi connectivity index (χ2n) is 5.66. The highest BCUT2D eigenvalue weighted by Gasteiger charge is 2.11. The minimum atomic E-state index is -0.233. The molecule has 4 aromatic rings. The van der Waals surface area contributed by atoms with Gasteiger partial charge in [-0.1, -0.05) is 48.0 Å². The SMILES string of the molecule is O=C(NCc1nnc2ccc(-c3ccccc3)nn12)c1cccc(Cl)c1. The maximum atomic E-state index is 12.3. The summed E-state index contributed by atoms with van der Waals surface area (Å²) in [6, 6.07) is 20.4. The first-order valence-electron chi connectivity index (χ1n) is 8.01. The summed E-state index contributed by atoms with van der Waals surface area (Å²) < 4.78 is 1.64. The van der Waals surface area contributed by atoms with E-state index in [4.69, 9.17) is 11.6 Å². The van der Waals surface area contributed by atoms with Crippen LogP contribution in [0.2, 0.25) is 5.02 Å². The van der Waals surface area contributed by atoms with Crippen LogP contribution in [0.5, 0.6) is 0 Å². The first-order valence-corrected chi connectivity index (χ1v) is 8.39. The van der Waals surface area contributed by atoms with Gasteiger partial charge in [-0.15, -0.1) is 10.2 Å². The van der Waals surface area contributed by atoms with Gasteiger partial charge in [-0.05, 0) is 30.3 Å². The van der Waals surface area contributed by atoms with E-state index in [0.717, 1.165) is 11.3 Å². The average Bonchev–Trinajstić information content (AvgIpc) is 3.09. The Hall–Kier alpha value is -3.25. The summed E-state index contributed by atoms with van der Waals surface area (Å²) in [5.41, 5.74) is 2.92. The fourth-order valence-electron chi connectivity index (χ4n) is 2.60. The van der Waals surface area contributed by atoms with Crippen molar-refractivity contribution in [1.29, 1.82) is 0 Å². The van der Waals surface area contributed by atoms with Gasteiger partial charge in [-0.2, -0.15) is 9.61 Å². The molecule has 0 aliphatic rings. The molecule has 0 spiro atoms. The molecule has 7 heteroatoms. The lowest BCUT2D eigenvalue weighted by atomic mass is 10.1. The standard InChI is InChI=1S/C19H14ClN5O/c20-15-8-4-7-14(11-15)19(26)21-12-18-23-22-17-10-9-16(24-25(17)18)13-5-2-1-3-6-13/h1-11H,12H2,(H,21,26). The Balaban J connectivity index is 1.58. The van der Waals surface area contributed by atoms with Crippen molar-refractivity contribution in [2.75, 3.05) is 0 Å². The quantitative estimate of drug-likeness (QED) is 0.603. The highest BCUT2D eigenvalue weighted by molar-refractivity contribution is 6.30. The summed E-state index contributed by atoms with van der Waals surface area (Å²) in [4.78, 5) is 12.3. The fourth-order valence-corrected chi connectivity index (χ4v) is 2.79. The molecule has 1 amide bonds. The largest absolute Gasteiger partial charge is 0.345 e. The summed E-state index contributed by atoms with van der Waals surface area (Å²) >= 11 is 5.93. The van der Waals surface area contributed by atoms with Crippen molar-refractivity contribution in [3.05, 3.63) is 83.1 Å². The van der Waals surface area contributed by atoms with Gasteiger partial charge in [0.1, 0.15) is 0 Å². The minimum absolute atomic E-state index is 0.206. The molecule has 128 valence electrons. The molecule has 6 nitrogen and oxygen atoms in total. The number of carbonyl (C=O) groups is 1. The number of rotatable bonds is 4. The zero-order valence-corrected chi connectivity index (χ0v) is 14.4. The van der Waals surface area contributed by atoms with Crippen LogP contribution >= 0.6 is 11.6 Å². The Morgan fingerprint density at radius 2 is 1.85 bits per heavy atom. The molecule has 2 aromatic carbocycles. The fraction of sp³-hybridized carbons (Fsp3) is 0.0526. The number of nitrogens with one attached hydrogen (secondary N) is 1. The van der Waals surface area contributed by atoms with Crippen molar-refractivity contribution in [3.63, 3.8) is 0 Å². The number of carbonyl (C=O) groups excluding carboxylic acids is 1. The molecule has 2 aromatic heterocycles. The van der Waals surface area contributed by atoms with Crippen LogP contribution in [0.15, 0.2) is 66.7 Å². The number of hydrogen-bond acceptors (Lipinski definition) is 4. The lowest BCUT2D eigenvalue weighted by Gasteiger charge is -2.05. The molecule has 1 N–H and O–H groups in total. The van der Waals surface area contributed by atoms with Gasteiger partial charge in [-0.3, -0.25) is 4.79 Å². The predicted molar refractivity (Wildman–Crippen MR) is 98.8 cm³/mol. The van der Waals surface area contributed by atoms with Crippen molar-refractivity contribution < 1.29 is 4.79 Å². The van der Waals surface area contributed by atoms with Crippen LogP contribution in [-0.4, -0.2) is 25.7 Å². The molecule has 0 saturated carbocycles. The maximum Gasteiger partial charge on any atom is 0.251 e. The Morgan fingerprint density at radius 3 is 2.65 bits per heavy atom. The van der Waals surface area contributed by atoms with Gasteiger partial charge in [0.25, 0.3) is 5.91 Å². The minimum Gasteiger partial charge on any atom is -0.345 e. The molecule has 0 saturated heterocycles. The molecule has 0 aliphatic heterocycles. The summed E-state index contributed by atoms with van der Waals surface area (Å²) in [7, 11) is 0. The number of nitrogens with zero attached hydrogens (tertiary/aromatic N) is 4. The van der Waals surface area contributed by atoms with E-state index in [1.807, 2.05) is 42.5 Å². The van der Waals surface area contributed by atoms with Crippen molar-refractivity contribution >= 4 is 23.2 Å². The lowest BCUT2D eigenvalue weighted by Crippen LogP contribution is -2.24. The maximum absolute atomic E-state index is 12.3. The zero-order chi connectivity index (χ0) is 17.9. The summed E-state index contributed by atoms with van der Waals surface area (Å²) in [5, 5.41) is 16.1. The van der Waals surface area contributed by atoms with Crippen LogP contribution in [-0.2, 0) is 6.54 Å². The number of aromatic nitrogens is 4. The second kappa shape index (κ2) is 6.93. The monoisotopic (exact) mass is 363 g/mol. The summed E-state index contributed by atoms with van der Waals surface area (Å²) in [6.45, 7) is 0.206. The molecule has 2 heterocycles. The first kappa shape index (κ1) is 16.2. The van der Waals surface area contributed by atoms with E-state index in [-0.39, 0.29) is 12.5 Å². The van der Waals surface area contributed by atoms with Gasteiger partial charge in [0, 0.05) is 16.1 Å². The number of fused-ring (bicyclic) bond motifs is 1. The van der Waals surface area contributed by atoms with Crippen LogP contribution in [0.3, 0.4) is 0 Å². The van der Waals surface area contributed by atoms with Crippen molar-refractivity contribution in [1.82, 2.24) is 25.1 Å².